The maximum atomic E-state index is 12.9. The summed E-state index contributed by atoms with van der Waals surface area (Å²) < 4.78 is 29.8. The minimum Gasteiger partial charge on any atom is -0.378 e. The topological polar surface area (TPSA) is 100 Å². The number of hydrogen-bond donors (Lipinski definition) is 2. The average molecular weight is 512 g/mol. The van der Waals surface area contributed by atoms with Crippen molar-refractivity contribution in [3.8, 4) is 0 Å². The molecule has 1 heterocycles. The summed E-state index contributed by atoms with van der Waals surface area (Å²) in [6, 6.07) is 25.3. The molecule has 2 N–H and O–H groups in total. The molecule has 0 aromatic heterocycles. The van der Waals surface area contributed by atoms with E-state index < -0.39 is 10.0 Å². The molecule has 1 unspecified atom stereocenters. The summed E-state index contributed by atoms with van der Waals surface area (Å²) in [6.45, 7) is 0.379. The smallest absolute Gasteiger partial charge is 0.285 e. The van der Waals surface area contributed by atoms with E-state index in [2.05, 4.69) is 22.0 Å². The molecular formula is C24H22ClN5O2S2. The number of nitrogens with zero attached hydrogens (tertiary/aromatic N) is 4. The zero-order valence-electron chi connectivity index (χ0n) is 18.0. The fourth-order valence-electron chi connectivity index (χ4n) is 3.65. The largest absolute Gasteiger partial charge is 0.378 e. The molecular weight excluding hydrogens is 490 g/mol. The van der Waals surface area contributed by atoms with Gasteiger partial charge in [0.25, 0.3) is 16.0 Å². The Balaban J connectivity index is 1.81. The summed E-state index contributed by atoms with van der Waals surface area (Å²) in [5.41, 5.74) is 8.39. The normalized spacial score (nSPS) is 17.4. The molecule has 0 fully saturated rings. The number of sulfonamides is 1. The predicted molar refractivity (Wildman–Crippen MR) is 140 cm³/mol. The van der Waals surface area contributed by atoms with Crippen molar-refractivity contribution < 1.29 is 8.42 Å². The van der Waals surface area contributed by atoms with Crippen molar-refractivity contribution in [1.82, 2.24) is 5.01 Å². The third-order valence-electron chi connectivity index (χ3n) is 5.22. The Morgan fingerprint density at radius 3 is 2.24 bits per heavy atom. The van der Waals surface area contributed by atoms with Gasteiger partial charge in [-0.1, -0.05) is 72.3 Å². The highest BCUT2D eigenvalue weighted by atomic mass is 35.5. The van der Waals surface area contributed by atoms with E-state index in [4.69, 9.17) is 22.4 Å². The van der Waals surface area contributed by atoms with E-state index in [0.29, 0.717) is 18.0 Å². The Kier molecular flexibility index (Phi) is 7.35. The second-order valence-corrected chi connectivity index (χ2v) is 10.0. The van der Waals surface area contributed by atoms with Gasteiger partial charge in [-0.2, -0.15) is 18.5 Å². The number of rotatable bonds is 4. The summed E-state index contributed by atoms with van der Waals surface area (Å²) >= 11 is 10.1. The van der Waals surface area contributed by atoms with Crippen molar-refractivity contribution in [2.24, 2.45) is 20.2 Å². The maximum Gasteiger partial charge on any atom is 0.285 e. The van der Waals surface area contributed by atoms with Gasteiger partial charge in [0.05, 0.1) is 10.6 Å². The van der Waals surface area contributed by atoms with Gasteiger partial charge >= 0.3 is 0 Å². The third-order valence-corrected chi connectivity index (χ3v) is 6.84. The lowest BCUT2D eigenvalue weighted by molar-refractivity contribution is 0.400. The van der Waals surface area contributed by atoms with Crippen LogP contribution in [0, 0.1) is 0 Å². The molecule has 10 heteroatoms. The first kappa shape index (κ1) is 24.0. The van der Waals surface area contributed by atoms with Gasteiger partial charge in [-0.3, -0.25) is 0 Å². The molecule has 0 aliphatic carbocycles. The van der Waals surface area contributed by atoms with E-state index in [-0.39, 0.29) is 21.9 Å². The highest BCUT2D eigenvalue weighted by Gasteiger charge is 2.29. The van der Waals surface area contributed by atoms with Crippen molar-refractivity contribution in [3.05, 3.63) is 101 Å². The fourth-order valence-corrected chi connectivity index (χ4v) is 4.82. The Labute approximate surface area is 209 Å². The summed E-state index contributed by atoms with van der Waals surface area (Å²) in [5, 5.41) is 6.72. The number of thiol groups is 1. The van der Waals surface area contributed by atoms with Crippen LogP contribution < -0.4 is 5.73 Å². The quantitative estimate of drug-likeness (QED) is 0.305. The van der Waals surface area contributed by atoms with Crippen LogP contribution in [0.5, 0.6) is 0 Å². The first-order valence-corrected chi connectivity index (χ1v) is 12.7. The van der Waals surface area contributed by atoms with Crippen LogP contribution in [0.25, 0.3) is 0 Å². The molecule has 0 amide bonds. The van der Waals surface area contributed by atoms with Crippen LogP contribution in [-0.2, 0) is 10.0 Å². The van der Waals surface area contributed by atoms with Crippen LogP contribution >= 0.6 is 24.2 Å². The van der Waals surface area contributed by atoms with Crippen molar-refractivity contribution >= 4 is 51.1 Å². The van der Waals surface area contributed by atoms with Crippen molar-refractivity contribution in [1.29, 1.82) is 0 Å². The third kappa shape index (κ3) is 5.67. The van der Waals surface area contributed by atoms with Gasteiger partial charge in [0.1, 0.15) is 0 Å². The average Bonchev–Trinajstić information content (AvgIpc) is 2.84. The summed E-state index contributed by atoms with van der Waals surface area (Å²) in [5.74, 6) is -0.169. The molecule has 0 radical (unpaired) electrons. The monoisotopic (exact) mass is 511 g/mol. The minimum atomic E-state index is -4.04. The van der Waals surface area contributed by atoms with E-state index in [9.17, 15) is 8.42 Å². The molecule has 0 saturated carbocycles. The van der Waals surface area contributed by atoms with E-state index in [1.165, 1.54) is 17.1 Å². The van der Waals surface area contributed by atoms with Gasteiger partial charge < -0.3 is 5.73 Å². The molecule has 0 bridgehead atoms. The Morgan fingerprint density at radius 2 is 1.62 bits per heavy atom. The van der Waals surface area contributed by atoms with Gasteiger partial charge in [0.15, 0.2) is 5.17 Å². The van der Waals surface area contributed by atoms with Crippen LogP contribution in [0.4, 0.5) is 0 Å². The van der Waals surface area contributed by atoms with Gasteiger partial charge in [-0.25, -0.2) is 5.01 Å². The first-order chi connectivity index (χ1) is 16.3. The Bertz CT molecular complexity index is 1340. The number of amidine groups is 1. The van der Waals surface area contributed by atoms with E-state index >= 15 is 0 Å². The lowest BCUT2D eigenvalue weighted by Crippen LogP contribution is -2.36. The van der Waals surface area contributed by atoms with Crippen molar-refractivity contribution in [2.45, 2.75) is 17.2 Å². The number of hydrazone groups is 1. The molecule has 7 nitrogen and oxygen atoms in total. The van der Waals surface area contributed by atoms with Crippen molar-refractivity contribution in [3.63, 3.8) is 0 Å². The zero-order valence-corrected chi connectivity index (χ0v) is 20.5. The van der Waals surface area contributed by atoms with Crippen LogP contribution in [0.15, 0.2) is 104 Å². The SMILES string of the molecule is N/C(S)=N/C(=N/S(=O)(=O)c1ccccc1)N1CCC(c2ccccc2)C(c2ccc(Cl)cc2)=N1. The zero-order chi connectivity index (χ0) is 24.1. The van der Waals surface area contributed by atoms with Gasteiger partial charge in [-0.05, 0) is 41.8 Å². The predicted octanol–water partition coefficient (Wildman–Crippen LogP) is 4.52. The Morgan fingerprint density at radius 1 is 1.00 bits per heavy atom. The van der Waals surface area contributed by atoms with Gasteiger partial charge in [0, 0.05) is 17.5 Å². The van der Waals surface area contributed by atoms with Gasteiger partial charge in [-0.15, -0.1) is 17.0 Å². The molecule has 3 aromatic carbocycles. The van der Waals surface area contributed by atoms with Crippen LogP contribution in [0.1, 0.15) is 23.5 Å². The summed E-state index contributed by atoms with van der Waals surface area (Å²) in [4.78, 5) is 4.12. The highest BCUT2D eigenvalue weighted by molar-refractivity contribution is 7.96. The molecule has 4 rings (SSSR count). The second kappa shape index (κ2) is 10.4. The number of halogens is 1. The lowest BCUT2D eigenvalue weighted by atomic mass is 9.86. The molecule has 0 saturated heterocycles. The molecule has 34 heavy (non-hydrogen) atoms. The number of aliphatic imine (C=N–C) groups is 1. The summed E-state index contributed by atoms with van der Waals surface area (Å²) in [7, 11) is -4.04. The minimum absolute atomic E-state index is 0.0112. The van der Waals surface area contributed by atoms with Crippen LogP contribution in [0.3, 0.4) is 0 Å². The fraction of sp³-hybridized carbons (Fsp3) is 0.125. The number of benzene rings is 3. The second-order valence-electron chi connectivity index (χ2n) is 7.52. The maximum absolute atomic E-state index is 12.9. The van der Waals surface area contributed by atoms with E-state index in [0.717, 1.165) is 16.8 Å². The number of hydrogen-bond acceptors (Lipinski definition) is 3. The Hall–Kier alpha value is -3.14. The van der Waals surface area contributed by atoms with Crippen molar-refractivity contribution in [2.75, 3.05) is 6.54 Å². The van der Waals surface area contributed by atoms with Crippen LogP contribution in [0.2, 0.25) is 5.02 Å². The standard InChI is InChI=1S/C24H22ClN5O2S2/c25-19-13-11-18(12-14-19)22-21(17-7-3-1-4-8-17)15-16-30(28-22)24(27-23(26)33)29-34(31,32)20-9-5-2-6-10-20/h1-14,21H,15-16H2,(H3,26,27,29,33). The van der Waals surface area contributed by atoms with E-state index in [1.807, 2.05) is 42.5 Å². The number of nitrogens with two attached hydrogens (primary N) is 1. The summed E-state index contributed by atoms with van der Waals surface area (Å²) in [6.07, 6.45) is 0.651. The lowest BCUT2D eigenvalue weighted by Gasteiger charge is -2.30. The van der Waals surface area contributed by atoms with E-state index in [1.54, 1.807) is 30.3 Å². The first-order valence-electron chi connectivity index (χ1n) is 10.4. The molecule has 1 atom stereocenters. The van der Waals surface area contributed by atoms with Crippen LogP contribution in [-0.4, -0.2) is 36.8 Å². The molecule has 1 aliphatic heterocycles. The molecule has 1 aliphatic rings. The molecule has 0 spiro atoms. The number of guanidine groups is 1. The molecule has 174 valence electrons. The van der Waals surface area contributed by atoms with Gasteiger partial charge in [0.2, 0.25) is 0 Å². The highest BCUT2D eigenvalue weighted by Crippen LogP contribution is 2.30. The molecule has 3 aromatic rings.